The van der Waals surface area contributed by atoms with E-state index in [4.69, 9.17) is 10.5 Å². The van der Waals surface area contributed by atoms with E-state index in [2.05, 4.69) is 4.98 Å². The summed E-state index contributed by atoms with van der Waals surface area (Å²) in [4.78, 5) is 6.06. The zero-order valence-corrected chi connectivity index (χ0v) is 8.73. The van der Waals surface area contributed by atoms with Crippen molar-refractivity contribution in [1.82, 2.24) is 4.98 Å². The van der Waals surface area contributed by atoms with E-state index in [1.54, 1.807) is 6.20 Å². The van der Waals surface area contributed by atoms with Gasteiger partial charge in [-0.2, -0.15) is 0 Å². The molecule has 4 nitrogen and oxygen atoms in total. The maximum absolute atomic E-state index is 5.73. The van der Waals surface area contributed by atoms with E-state index >= 15 is 0 Å². The first-order valence-corrected chi connectivity index (χ1v) is 4.75. The van der Waals surface area contributed by atoms with Crippen LogP contribution in [0.4, 0.5) is 11.5 Å². The highest BCUT2D eigenvalue weighted by molar-refractivity contribution is 5.62. The number of pyridine rings is 1. The van der Waals surface area contributed by atoms with Gasteiger partial charge in [0.05, 0.1) is 12.3 Å². The number of likely N-dealkylation sites (N-methyl/N-ethyl adjacent to an activating group) is 1. The first-order valence-electron chi connectivity index (χ1n) is 4.75. The van der Waals surface area contributed by atoms with Crippen LogP contribution in [0.5, 0.6) is 0 Å². The van der Waals surface area contributed by atoms with Crippen LogP contribution in [-0.4, -0.2) is 31.8 Å². The average molecular weight is 195 g/mol. The largest absolute Gasteiger partial charge is 0.382 e. The Kier molecular flexibility index (Phi) is 4.19. The molecule has 0 aliphatic carbocycles. The Morgan fingerprint density at radius 2 is 2.36 bits per heavy atom. The van der Waals surface area contributed by atoms with Crippen molar-refractivity contribution in [3.63, 3.8) is 0 Å². The van der Waals surface area contributed by atoms with Gasteiger partial charge in [0.2, 0.25) is 0 Å². The van der Waals surface area contributed by atoms with Crippen LogP contribution in [0.1, 0.15) is 6.92 Å². The second-order valence-corrected chi connectivity index (χ2v) is 3.03. The molecule has 1 heterocycles. The van der Waals surface area contributed by atoms with Crippen molar-refractivity contribution in [2.75, 3.05) is 37.4 Å². The molecule has 0 aliphatic heterocycles. The summed E-state index contributed by atoms with van der Waals surface area (Å²) >= 11 is 0. The van der Waals surface area contributed by atoms with Gasteiger partial charge in [-0.05, 0) is 19.1 Å². The monoisotopic (exact) mass is 195 g/mol. The lowest BCUT2D eigenvalue weighted by molar-refractivity contribution is 0.154. The second-order valence-electron chi connectivity index (χ2n) is 3.03. The van der Waals surface area contributed by atoms with E-state index in [9.17, 15) is 0 Å². The molecule has 2 N–H and O–H groups in total. The molecule has 0 amide bonds. The van der Waals surface area contributed by atoms with Crippen molar-refractivity contribution >= 4 is 11.5 Å². The third-order valence-corrected chi connectivity index (χ3v) is 2.00. The maximum Gasteiger partial charge on any atom is 0.146 e. The molecular weight excluding hydrogens is 178 g/mol. The number of aromatic nitrogens is 1. The number of nitrogens with two attached hydrogens (primary N) is 1. The van der Waals surface area contributed by atoms with Crippen LogP contribution in [0.2, 0.25) is 0 Å². The van der Waals surface area contributed by atoms with Gasteiger partial charge in [0.25, 0.3) is 0 Å². The first kappa shape index (κ1) is 10.8. The zero-order chi connectivity index (χ0) is 10.4. The minimum absolute atomic E-state index is 0.562. The van der Waals surface area contributed by atoms with Gasteiger partial charge in [0, 0.05) is 26.4 Å². The molecule has 0 radical (unpaired) electrons. The summed E-state index contributed by atoms with van der Waals surface area (Å²) in [5.74, 6) is 0.562. The van der Waals surface area contributed by atoms with Crippen LogP contribution in [-0.2, 0) is 4.74 Å². The molecule has 0 fully saturated rings. The van der Waals surface area contributed by atoms with E-state index in [1.807, 2.05) is 31.0 Å². The van der Waals surface area contributed by atoms with Gasteiger partial charge in [-0.1, -0.05) is 0 Å². The molecule has 4 heteroatoms. The van der Waals surface area contributed by atoms with Crippen molar-refractivity contribution in [2.24, 2.45) is 0 Å². The highest BCUT2D eigenvalue weighted by Gasteiger charge is 2.04. The summed E-state index contributed by atoms with van der Waals surface area (Å²) in [7, 11) is 1.98. The number of anilines is 2. The van der Waals surface area contributed by atoms with Crippen LogP contribution in [0.15, 0.2) is 18.3 Å². The van der Waals surface area contributed by atoms with Gasteiger partial charge < -0.3 is 15.4 Å². The lowest BCUT2D eigenvalue weighted by Crippen LogP contribution is -2.23. The Morgan fingerprint density at radius 1 is 1.57 bits per heavy atom. The van der Waals surface area contributed by atoms with Crippen molar-refractivity contribution in [3.8, 4) is 0 Å². The van der Waals surface area contributed by atoms with E-state index in [0.717, 1.165) is 18.8 Å². The third-order valence-electron chi connectivity index (χ3n) is 2.00. The predicted octanol–water partition coefficient (Wildman–Crippen LogP) is 1.14. The van der Waals surface area contributed by atoms with E-state index < -0.39 is 0 Å². The van der Waals surface area contributed by atoms with E-state index in [0.29, 0.717) is 12.4 Å². The van der Waals surface area contributed by atoms with Crippen LogP contribution in [0.25, 0.3) is 0 Å². The van der Waals surface area contributed by atoms with Crippen molar-refractivity contribution in [2.45, 2.75) is 6.92 Å². The van der Waals surface area contributed by atoms with Gasteiger partial charge in [-0.3, -0.25) is 0 Å². The molecule has 1 rings (SSSR count). The molecular formula is C10H17N3O. The smallest absolute Gasteiger partial charge is 0.146 e. The van der Waals surface area contributed by atoms with Crippen molar-refractivity contribution < 1.29 is 4.74 Å². The summed E-state index contributed by atoms with van der Waals surface area (Å²) in [6, 6.07) is 3.83. The minimum atomic E-state index is 0.562. The molecule has 0 spiro atoms. The molecule has 1 aromatic rings. The number of nitrogen functional groups attached to an aromatic ring is 1. The lowest BCUT2D eigenvalue weighted by atomic mass is 10.3. The van der Waals surface area contributed by atoms with Gasteiger partial charge in [-0.15, -0.1) is 0 Å². The highest BCUT2D eigenvalue weighted by Crippen LogP contribution is 2.17. The van der Waals surface area contributed by atoms with Crippen molar-refractivity contribution in [3.05, 3.63) is 18.3 Å². The number of hydrogen-bond acceptors (Lipinski definition) is 4. The fraction of sp³-hybridized carbons (Fsp3) is 0.500. The Labute approximate surface area is 84.7 Å². The maximum atomic E-state index is 5.73. The summed E-state index contributed by atoms with van der Waals surface area (Å²) in [5.41, 5.74) is 6.68. The molecule has 0 atom stereocenters. The minimum Gasteiger partial charge on any atom is -0.382 e. The van der Waals surface area contributed by atoms with Gasteiger partial charge in [0.15, 0.2) is 0 Å². The molecule has 0 aromatic carbocycles. The Morgan fingerprint density at radius 3 is 3.00 bits per heavy atom. The molecule has 78 valence electrons. The Hall–Kier alpha value is -1.29. The average Bonchev–Trinajstić information content (AvgIpc) is 2.18. The SMILES string of the molecule is CCOCCN(C)c1cccnc1N. The van der Waals surface area contributed by atoms with E-state index in [-0.39, 0.29) is 0 Å². The summed E-state index contributed by atoms with van der Waals surface area (Å²) in [6.45, 7) is 4.26. The van der Waals surface area contributed by atoms with Crippen LogP contribution in [0.3, 0.4) is 0 Å². The summed E-state index contributed by atoms with van der Waals surface area (Å²) < 4.78 is 5.26. The number of nitrogens with zero attached hydrogens (tertiary/aromatic N) is 2. The number of hydrogen-bond donors (Lipinski definition) is 1. The molecule has 0 unspecified atom stereocenters. The van der Waals surface area contributed by atoms with Crippen molar-refractivity contribution in [1.29, 1.82) is 0 Å². The lowest BCUT2D eigenvalue weighted by Gasteiger charge is -2.19. The molecule has 14 heavy (non-hydrogen) atoms. The highest BCUT2D eigenvalue weighted by atomic mass is 16.5. The summed E-state index contributed by atoms with van der Waals surface area (Å²) in [5, 5.41) is 0. The number of rotatable bonds is 5. The van der Waals surface area contributed by atoms with Gasteiger partial charge in [-0.25, -0.2) is 4.98 Å². The molecule has 0 saturated heterocycles. The number of ether oxygens (including phenoxy) is 1. The van der Waals surface area contributed by atoms with Gasteiger partial charge >= 0.3 is 0 Å². The summed E-state index contributed by atoms with van der Waals surface area (Å²) in [6.07, 6.45) is 1.69. The molecule has 1 aromatic heterocycles. The topological polar surface area (TPSA) is 51.4 Å². The van der Waals surface area contributed by atoms with Gasteiger partial charge in [0.1, 0.15) is 5.82 Å². The normalized spacial score (nSPS) is 10.1. The Balaban J connectivity index is 2.51. The standard InChI is InChI=1S/C10H17N3O/c1-3-14-8-7-13(2)9-5-4-6-12-10(9)11/h4-6H,3,7-8H2,1-2H3,(H2,11,12). The fourth-order valence-electron chi connectivity index (χ4n) is 1.20. The van der Waals surface area contributed by atoms with E-state index in [1.165, 1.54) is 0 Å². The van der Waals surface area contributed by atoms with Crippen LogP contribution in [0, 0.1) is 0 Å². The molecule has 0 saturated carbocycles. The first-order chi connectivity index (χ1) is 6.75. The van der Waals surface area contributed by atoms with Crippen LogP contribution < -0.4 is 10.6 Å². The fourth-order valence-corrected chi connectivity index (χ4v) is 1.20. The third kappa shape index (κ3) is 2.88. The Bertz CT molecular complexity index is 278. The predicted molar refractivity (Wildman–Crippen MR) is 58.4 cm³/mol. The molecule has 0 bridgehead atoms. The second kappa shape index (κ2) is 5.44. The van der Waals surface area contributed by atoms with Crippen LogP contribution >= 0.6 is 0 Å². The quantitative estimate of drug-likeness (QED) is 0.716. The zero-order valence-electron chi connectivity index (χ0n) is 8.73. The molecule has 0 aliphatic rings.